The lowest BCUT2D eigenvalue weighted by atomic mass is 10.1. The molecule has 23 heavy (non-hydrogen) atoms. The van der Waals surface area contributed by atoms with E-state index in [1.165, 1.54) is 12.1 Å². The average molecular weight is 314 g/mol. The zero-order valence-electron chi connectivity index (χ0n) is 11.8. The fourth-order valence-corrected chi connectivity index (χ4v) is 1.72. The maximum atomic E-state index is 12.7. The molecule has 116 valence electrons. The number of alkyl halides is 2. The van der Waals surface area contributed by atoms with Crippen LogP contribution in [0.2, 0.25) is 0 Å². The molecule has 0 fully saturated rings. The van der Waals surface area contributed by atoms with Crippen molar-refractivity contribution in [3.05, 3.63) is 48.2 Å². The second-order valence-corrected chi connectivity index (χ2v) is 4.42. The Morgan fingerprint density at radius 3 is 2.52 bits per heavy atom. The minimum atomic E-state index is -2.62. The third kappa shape index (κ3) is 4.07. The van der Waals surface area contributed by atoms with Crippen molar-refractivity contribution in [3.63, 3.8) is 0 Å². The van der Waals surface area contributed by atoms with Gasteiger partial charge >= 0.3 is 0 Å². The van der Waals surface area contributed by atoms with E-state index in [0.29, 0.717) is 16.9 Å². The minimum Gasteiger partial charge on any atom is -0.382 e. The van der Waals surface area contributed by atoms with Gasteiger partial charge in [-0.3, -0.25) is 10.8 Å². The Bertz CT molecular complexity index is 777. The van der Waals surface area contributed by atoms with E-state index in [9.17, 15) is 8.78 Å². The number of halogens is 2. The molecule has 0 spiro atoms. The highest BCUT2D eigenvalue weighted by molar-refractivity contribution is 6.45. The normalized spacial score (nSPS) is 11.1. The van der Waals surface area contributed by atoms with Gasteiger partial charge in [0.25, 0.3) is 6.43 Å². The summed E-state index contributed by atoms with van der Waals surface area (Å²) in [4.78, 5) is 3.90. The van der Waals surface area contributed by atoms with E-state index >= 15 is 0 Å². The molecule has 2 rings (SSSR count). The molecular formula is C15H12F2N6. The van der Waals surface area contributed by atoms with E-state index in [0.717, 1.165) is 0 Å². The highest BCUT2D eigenvalue weighted by atomic mass is 19.3. The largest absolute Gasteiger partial charge is 0.382 e. The maximum absolute atomic E-state index is 12.7. The molecule has 1 heterocycles. The summed E-state index contributed by atoms with van der Waals surface area (Å²) >= 11 is 0. The second kappa shape index (κ2) is 7.09. The molecule has 0 aliphatic rings. The van der Waals surface area contributed by atoms with E-state index in [2.05, 4.69) is 15.5 Å². The van der Waals surface area contributed by atoms with Crippen LogP contribution >= 0.6 is 0 Å². The van der Waals surface area contributed by atoms with Crippen molar-refractivity contribution in [3.8, 4) is 17.3 Å². The number of nitrogens with one attached hydrogen (secondary N) is 2. The lowest BCUT2D eigenvalue weighted by Gasteiger charge is -2.06. The van der Waals surface area contributed by atoms with Gasteiger partial charge in [-0.2, -0.15) is 10.4 Å². The van der Waals surface area contributed by atoms with Gasteiger partial charge < -0.3 is 5.73 Å². The number of nitrogens with zero attached hydrogens (tertiary/aromatic N) is 3. The molecule has 4 N–H and O–H groups in total. The van der Waals surface area contributed by atoms with E-state index < -0.39 is 12.3 Å². The molecule has 1 aromatic heterocycles. The maximum Gasteiger partial charge on any atom is 0.280 e. The van der Waals surface area contributed by atoms with Crippen molar-refractivity contribution < 1.29 is 8.78 Å². The van der Waals surface area contributed by atoms with E-state index in [4.69, 9.17) is 16.4 Å². The predicted molar refractivity (Wildman–Crippen MR) is 83.2 cm³/mol. The van der Waals surface area contributed by atoms with Crippen LogP contribution in [0, 0.1) is 16.7 Å². The van der Waals surface area contributed by atoms with Gasteiger partial charge in [0, 0.05) is 5.56 Å². The topological polar surface area (TPSA) is 111 Å². The number of hydrazone groups is 1. The molecule has 0 atom stereocenters. The molecule has 1 aromatic carbocycles. The molecule has 8 heteroatoms. The third-order valence-electron chi connectivity index (χ3n) is 2.83. The summed E-state index contributed by atoms with van der Waals surface area (Å²) < 4.78 is 25.3. The molecule has 6 nitrogen and oxygen atoms in total. The summed E-state index contributed by atoms with van der Waals surface area (Å²) in [6.45, 7) is 0. The molecule has 0 aliphatic carbocycles. The van der Waals surface area contributed by atoms with E-state index in [1.54, 1.807) is 36.4 Å². The SMILES string of the molecule is N#C/C(=N\Nc1ccc(-c2cccc(C(F)F)n2)cc1)C(=N)N. The first-order valence-corrected chi connectivity index (χ1v) is 6.45. The smallest absolute Gasteiger partial charge is 0.280 e. The Balaban J connectivity index is 2.18. The van der Waals surface area contributed by atoms with Gasteiger partial charge in [0.2, 0.25) is 5.71 Å². The standard InChI is InChI=1S/C15H12F2N6/c16-14(17)12-3-1-2-11(21-12)9-4-6-10(7-5-9)22-23-13(8-18)15(19)20/h1-7,14,22H,(H3,19,20)/b23-13+. The fourth-order valence-electron chi connectivity index (χ4n) is 1.72. The van der Waals surface area contributed by atoms with E-state index in [-0.39, 0.29) is 11.4 Å². The number of anilines is 1. The summed E-state index contributed by atoms with van der Waals surface area (Å²) in [6, 6.07) is 12.7. The predicted octanol–water partition coefficient (Wildman–Crippen LogP) is 2.91. The van der Waals surface area contributed by atoms with Crippen molar-refractivity contribution in [1.82, 2.24) is 4.98 Å². The third-order valence-corrected chi connectivity index (χ3v) is 2.83. The lowest BCUT2D eigenvalue weighted by molar-refractivity contribution is 0.146. The highest BCUT2D eigenvalue weighted by Gasteiger charge is 2.09. The highest BCUT2D eigenvalue weighted by Crippen LogP contribution is 2.23. The number of nitrogens with two attached hydrogens (primary N) is 1. The van der Waals surface area contributed by atoms with Crippen molar-refractivity contribution in [2.45, 2.75) is 6.43 Å². The molecule has 2 aromatic rings. The monoisotopic (exact) mass is 314 g/mol. The van der Waals surface area contributed by atoms with Crippen molar-refractivity contribution >= 4 is 17.2 Å². The molecular weight excluding hydrogens is 302 g/mol. The summed E-state index contributed by atoms with van der Waals surface area (Å²) in [7, 11) is 0. The van der Waals surface area contributed by atoms with Crippen LogP contribution in [0.15, 0.2) is 47.6 Å². The number of pyridine rings is 1. The van der Waals surface area contributed by atoms with Crippen LogP contribution in [0.3, 0.4) is 0 Å². The van der Waals surface area contributed by atoms with Crippen LogP contribution in [0.25, 0.3) is 11.3 Å². The number of benzene rings is 1. The average Bonchev–Trinajstić information content (AvgIpc) is 2.56. The summed E-state index contributed by atoms with van der Waals surface area (Å²) in [5, 5.41) is 19.6. The van der Waals surface area contributed by atoms with Crippen molar-refractivity contribution in [2.75, 3.05) is 5.43 Å². The summed E-state index contributed by atoms with van der Waals surface area (Å²) in [5.41, 5.74) is 8.88. The van der Waals surface area contributed by atoms with Crippen molar-refractivity contribution in [1.29, 1.82) is 10.7 Å². The summed E-state index contributed by atoms with van der Waals surface area (Å²) in [6.07, 6.45) is -2.62. The van der Waals surface area contributed by atoms with Gasteiger partial charge in [-0.1, -0.05) is 18.2 Å². The minimum absolute atomic E-state index is 0.236. The first kappa shape index (κ1) is 16.0. The van der Waals surface area contributed by atoms with Gasteiger partial charge in [0.1, 0.15) is 11.8 Å². The Morgan fingerprint density at radius 1 is 1.26 bits per heavy atom. The Kier molecular flexibility index (Phi) is 4.94. The number of amidine groups is 1. The van der Waals surface area contributed by atoms with Crippen LogP contribution in [0.5, 0.6) is 0 Å². The molecule has 0 unspecified atom stereocenters. The van der Waals surface area contributed by atoms with Crippen LogP contribution < -0.4 is 11.2 Å². The van der Waals surface area contributed by atoms with Crippen molar-refractivity contribution in [2.24, 2.45) is 10.8 Å². The Morgan fingerprint density at radius 2 is 1.96 bits per heavy atom. The molecule has 0 saturated carbocycles. The van der Waals surface area contributed by atoms with Gasteiger partial charge in [-0.05, 0) is 24.3 Å². The fraction of sp³-hybridized carbons (Fsp3) is 0.0667. The Labute approximate surface area is 130 Å². The molecule has 0 bridgehead atoms. The first-order chi connectivity index (χ1) is 11.0. The van der Waals surface area contributed by atoms with Crippen LogP contribution in [-0.4, -0.2) is 16.5 Å². The molecule has 0 aliphatic heterocycles. The number of rotatable bonds is 5. The zero-order chi connectivity index (χ0) is 16.8. The van der Waals surface area contributed by atoms with Gasteiger partial charge in [0.15, 0.2) is 5.84 Å². The second-order valence-electron chi connectivity index (χ2n) is 4.42. The zero-order valence-corrected chi connectivity index (χ0v) is 11.8. The van der Waals surface area contributed by atoms with Crippen LogP contribution in [-0.2, 0) is 0 Å². The molecule has 0 radical (unpaired) electrons. The van der Waals surface area contributed by atoms with Gasteiger partial charge in [-0.15, -0.1) is 0 Å². The molecule has 0 amide bonds. The lowest BCUT2D eigenvalue weighted by Crippen LogP contribution is -2.21. The number of nitriles is 1. The quantitative estimate of drug-likeness (QED) is 0.447. The van der Waals surface area contributed by atoms with Crippen LogP contribution in [0.1, 0.15) is 12.1 Å². The number of aromatic nitrogens is 1. The number of hydrogen-bond acceptors (Lipinski definition) is 5. The van der Waals surface area contributed by atoms with E-state index in [1.807, 2.05) is 0 Å². The summed E-state index contributed by atoms with van der Waals surface area (Å²) in [5.74, 6) is -0.440. The van der Waals surface area contributed by atoms with Crippen LogP contribution in [0.4, 0.5) is 14.5 Å². The van der Waals surface area contributed by atoms with Gasteiger partial charge in [0.05, 0.1) is 11.4 Å². The van der Waals surface area contributed by atoms with Gasteiger partial charge in [-0.25, -0.2) is 13.8 Å². The Hall–Kier alpha value is -3.34. The number of hydrogen-bond donors (Lipinski definition) is 3. The molecule has 0 saturated heterocycles. The first-order valence-electron chi connectivity index (χ1n) is 6.45.